The molecule has 126 valence electrons. The van der Waals surface area contributed by atoms with E-state index in [0.29, 0.717) is 5.92 Å². The van der Waals surface area contributed by atoms with Crippen LogP contribution >= 0.6 is 0 Å². The normalized spacial score (nSPS) is 13.3. The molecular formula is C18H28F3N. The van der Waals surface area contributed by atoms with Crippen LogP contribution in [0.5, 0.6) is 0 Å². The van der Waals surface area contributed by atoms with Crippen molar-refractivity contribution in [3.8, 4) is 0 Å². The fourth-order valence-electron chi connectivity index (χ4n) is 2.70. The molecule has 0 fully saturated rings. The first-order valence-corrected chi connectivity index (χ1v) is 8.52. The predicted octanol–water partition coefficient (Wildman–Crippen LogP) is 6.73. The molecule has 1 nitrogen and oxygen atoms in total. The molecule has 0 aliphatic carbocycles. The van der Waals surface area contributed by atoms with Gasteiger partial charge in [0.1, 0.15) is 0 Å². The van der Waals surface area contributed by atoms with Crippen LogP contribution in [0.2, 0.25) is 0 Å². The van der Waals surface area contributed by atoms with Crippen LogP contribution < -0.4 is 0 Å². The molecule has 0 N–H and O–H groups in total. The van der Waals surface area contributed by atoms with Crippen molar-refractivity contribution in [2.24, 2.45) is 0 Å². The topological polar surface area (TPSA) is 12.9 Å². The highest BCUT2D eigenvalue weighted by molar-refractivity contribution is 5.19. The van der Waals surface area contributed by atoms with Crippen LogP contribution in [0.3, 0.4) is 0 Å². The Kier molecular flexibility index (Phi) is 8.51. The van der Waals surface area contributed by atoms with Crippen LogP contribution in [0.4, 0.5) is 13.2 Å². The van der Waals surface area contributed by atoms with Crippen LogP contribution in [-0.2, 0) is 6.18 Å². The van der Waals surface area contributed by atoms with Crippen LogP contribution in [0.1, 0.15) is 88.8 Å². The second-order valence-corrected chi connectivity index (χ2v) is 6.01. The Morgan fingerprint density at radius 3 is 2.09 bits per heavy atom. The molecule has 0 aliphatic rings. The van der Waals surface area contributed by atoms with E-state index in [4.69, 9.17) is 0 Å². The number of nitrogens with zero attached hydrogens (tertiary/aromatic N) is 1. The van der Waals surface area contributed by atoms with Gasteiger partial charge in [0.25, 0.3) is 0 Å². The van der Waals surface area contributed by atoms with Crippen molar-refractivity contribution < 1.29 is 13.2 Å². The summed E-state index contributed by atoms with van der Waals surface area (Å²) in [6.07, 6.45) is 7.00. The van der Waals surface area contributed by atoms with Crippen LogP contribution in [0, 0.1) is 0 Å². The molecule has 1 heterocycles. The number of unbranched alkanes of at least 4 members (excludes halogenated alkanes) is 5. The zero-order valence-electron chi connectivity index (χ0n) is 13.8. The van der Waals surface area contributed by atoms with E-state index in [2.05, 4.69) is 18.8 Å². The first-order chi connectivity index (χ1) is 10.5. The minimum absolute atomic E-state index is 0.295. The molecule has 0 aliphatic heterocycles. The highest BCUT2D eigenvalue weighted by atomic mass is 19.4. The Balaban J connectivity index is 2.62. The van der Waals surface area contributed by atoms with E-state index >= 15 is 0 Å². The Morgan fingerprint density at radius 2 is 1.55 bits per heavy atom. The Labute approximate surface area is 132 Å². The summed E-state index contributed by atoms with van der Waals surface area (Å²) in [5, 5.41) is 0. The second kappa shape index (κ2) is 9.86. The van der Waals surface area contributed by atoms with Gasteiger partial charge in [-0.3, -0.25) is 4.98 Å². The van der Waals surface area contributed by atoms with Crippen molar-refractivity contribution in [3.05, 3.63) is 29.6 Å². The van der Waals surface area contributed by atoms with Crippen LogP contribution in [0.15, 0.2) is 18.3 Å². The van der Waals surface area contributed by atoms with Gasteiger partial charge >= 0.3 is 6.18 Å². The van der Waals surface area contributed by atoms with Gasteiger partial charge in [-0.05, 0) is 25.0 Å². The summed E-state index contributed by atoms with van der Waals surface area (Å²) < 4.78 is 37.8. The molecule has 0 spiro atoms. The number of alkyl halides is 3. The van der Waals surface area contributed by atoms with Crippen molar-refractivity contribution in [3.63, 3.8) is 0 Å². The molecule has 1 rings (SSSR count). The molecule has 1 unspecified atom stereocenters. The van der Waals surface area contributed by atoms with Crippen molar-refractivity contribution in [1.82, 2.24) is 4.98 Å². The molecule has 1 aromatic rings. The van der Waals surface area contributed by atoms with Gasteiger partial charge in [-0.2, -0.15) is 13.2 Å². The Hall–Kier alpha value is -1.06. The zero-order valence-corrected chi connectivity index (χ0v) is 13.8. The molecule has 0 aromatic carbocycles. The number of aromatic nitrogens is 1. The summed E-state index contributed by atoms with van der Waals surface area (Å²) in [7, 11) is 0. The van der Waals surface area contributed by atoms with E-state index < -0.39 is 11.7 Å². The van der Waals surface area contributed by atoms with Gasteiger partial charge in [-0.25, -0.2) is 0 Å². The third-order valence-electron chi connectivity index (χ3n) is 4.09. The van der Waals surface area contributed by atoms with Crippen LogP contribution in [0.25, 0.3) is 0 Å². The van der Waals surface area contributed by atoms with Gasteiger partial charge in [0.15, 0.2) is 0 Å². The van der Waals surface area contributed by atoms with Gasteiger partial charge in [0.2, 0.25) is 0 Å². The summed E-state index contributed by atoms with van der Waals surface area (Å²) in [5.41, 5.74) is 0.158. The smallest absolute Gasteiger partial charge is 0.260 e. The summed E-state index contributed by atoms with van der Waals surface area (Å²) >= 11 is 0. The lowest BCUT2D eigenvalue weighted by Crippen LogP contribution is -2.08. The number of halogens is 3. The van der Waals surface area contributed by atoms with Gasteiger partial charge in [0.05, 0.1) is 5.56 Å². The number of pyridine rings is 1. The molecule has 1 aromatic heterocycles. The summed E-state index contributed by atoms with van der Waals surface area (Å²) in [4.78, 5) is 4.09. The van der Waals surface area contributed by atoms with E-state index in [-0.39, 0.29) is 0 Å². The van der Waals surface area contributed by atoms with E-state index in [1.54, 1.807) is 6.07 Å². The highest BCUT2D eigenvalue weighted by Gasteiger charge is 2.30. The van der Waals surface area contributed by atoms with Gasteiger partial charge in [0, 0.05) is 17.8 Å². The van der Waals surface area contributed by atoms with Crippen molar-refractivity contribution >= 4 is 0 Å². The minimum Gasteiger partial charge on any atom is -0.260 e. The van der Waals surface area contributed by atoms with Gasteiger partial charge < -0.3 is 0 Å². The average Bonchev–Trinajstić information content (AvgIpc) is 2.49. The fourth-order valence-corrected chi connectivity index (χ4v) is 2.70. The van der Waals surface area contributed by atoms with Crippen LogP contribution in [-0.4, -0.2) is 4.98 Å². The summed E-state index contributed by atoms with van der Waals surface area (Å²) in [6.45, 7) is 4.33. The Bertz CT molecular complexity index is 398. The SMILES string of the molecule is CCCCCCCC(CCCC)c1ccc(C(F)(F)F)cn1. The fraction of sp³-hybridized carbons (Fsp3) is 0.722. The molecule has 0 saturated heterocycles. The minimum atomic E-state index is -4.30. The zero-order chi connectivity index (χ0) is 16.4. The standard InChI is InChI=1S/C18H28F3N/c1-3-5-7-8-9-11-15(10-6-4-2)17-13-12-16(14-22-17)18(19,20)21/h12-15H,3-11H2,1-2H3. The van der Waals surface area contributed by atoms with Gasteiger partial charge in [-0.1, -0.05) is 58.8 Å². The van der Waals surface area contributed by atoms with Crippen molar-refractivity contribution in [2.45, 2.75) is 83.7 Å². The highest BCUT2D eigenvalue weighted by Crippen LogP contribution is 2.31. The molecule has 0 bridgehead atoms. The molecule has 0 amide bonds. The summed E-state index contributed by atoms with van der Waals surface area (Å²) in [5.74, 6) is 0.295. The maximum absolute atomic E-state index is 12.6. The Morgan fingerprint density at radius 1 is 0.909 bits per heavy atom. The first kappa shape index (κ1) is 19.0. The second-order valence-electron chi connectivity index (χ2n) is 6.01. The van der Waals surface area contributed by atoms with E-state index in [1.165, 1.54) is 31.7 Å². The average molecular weight is 315 g/mol. The third-order valence-corrected chi connectivity index (χ3v) is 4.09. The lowest BCUT2D eigenvalue weighted by molar-refractivity contribution is -0.137. The van der Waals surface area contributed by atoms with E-state index in [1.807, 2.05) is 0 Å². The molecule has 22 heavy (non-hydrogen) atoms. The number of rotatable bonds is 10. The molecule has 4 heteroatoms. The maximum Gasteiger partial charge on any atom is 0.417 e. The third kappa shape index (κ3) is 6.80. The summed E-state index contributed by atoms with van der Waals surface area (Å²) in [6, 6.07) is 2.73. The molecule has 0 radical (unpaired) electrons. The quantitative estimate of drug-likeness (QED) is 0.436. The molecular weight excluding hydrogens is 287 g/mol. The lowest BCUT2D eigenvalue weighted by atomic mass is 9.91. The number of hydrogen-bond donors (Lipinski definition) is 0. The largest absolute Gasteiger partial charge is 0.417 e. The first-order valence-electron chi connectivity index (χ1n) is 8.52. The van der Waals surface area contributed by atoms with Gasteiger partial charge in [-0.15, -0.1) is 0 Å². The van der Waals surface area contributed by atoms with E-state index in [9.17, 15) is 13.2 Å². The number of hydrogen-bond acceptors (Lipinski definition) is 1. The maximum atomic E-state index is 12.6. The van der Waals surface area contributed by atoms with E-state index in [0.717, 1.165) is 44.0 Å². The lowest BCUT2D eigenvalue weighted by Gasteiger charge is -2.17. The van der Waals surface area contributed by atoms with Crippen molar-refractivity contribution in [1.29, 1.82) is 0 Å². The molecule has 1 atom stereocenters. The predicted molar refractivity (Wildman–Crippen MR) is 84.9 cm³/mol. The van der Waals surface area contributed by atoms with Crippen molar-refractivity contribution in [2.75, 3.05) is 0 Å². The molecule has 0 saturated carbocycles. The monoisotopic (exact) mass is 315 g/mol.